The molecule has 0 saturated carbocycles. The molecular weight excluding hydrogens is 440 g/mol. The van der Waals surface area contributed by atoms with Crippen LogP contribution in [0.2, 0.25) is 0 Å². The Balaban J connectivity index is 1.69. The molecule has 3 atom stereocenters. The molecule has 9 heteroatoms. The smallest absolute Gasteiger partial charge is 0.315 e. The number of carbonyl (C=O) groups excluding carboxylic acids is 2. The summed E-state index contributed by atoms with van der Waals surface area (Å²) in [7, 11) is 1.25. The van der Waals surface area contributed by atoms with Gasteiger partial charge in [0.15, 0.2) is 17.3 Å². The Morgan fingerprint density at radius 2 is 1.85 bits per heavy atom. The molecule has 0 bridgehead atoms. The summed E-state index contributed by atoms with van der Waals surface area (Å²) in [6.07, 6.45) is 0.714. The topological polar surface area (TPSA) is 117 Å². The van der Waals surface area contributed by atoms with Gasteiger partial charge in [0.1, 0.15) is 5.92 Å². The molecule has 2 aliphatic heterocycles. The zero-order chi connectivity index (χ0) is 24.0. The zero-order valence-electron chi connectivity index (χ0n) is 18.6. The van der Waals surface area contributed by atoms with Gasteiger partial charge in [-0.1, -0.05) is 30.3 Å². The number of nitro benzene ring substituents is 1. The molecule has 1 aliphatic carbocycles. The fraction of sp³-hybridized carbons (Fsp3) is 0.320. The lowest BCUT2D eigenvalue weighted by molar-refractivity contribution is -0.385. The fourth-order valence-electron chi connectivity index (χ4n) is 5.14. The first kappa shape index (κ1) is 21.8. The normalized spacial score (nSPS) is 23.3. The summed E-state index contributed by atoms with van der Waals surface area (Å²) >= 11 is 0. The SMILES string of the molecule is COC(=O)C1C(C)=NC2=C(C(=O)C[C@H](c3ccccc3)C2)[C@@H]1c1cc2c(cc1[N+](=O)[O-])OCO2. The monoisotopic (exact) mass is 462 g/mol. The number of ether oxygens (including phenoxy) is 3. The Morgan fingerprint density at radius 1 is 1.15 bits per heavy atom. The van der Waals surface area contributed by atoms with E-state index in [1.165, 1.54) is 19.2 Å². The van der Waals surface area contributed by atoms with Gasteiger partial charge in [-0.2, -0.15) is 0 Å². The highest BCUT2D eigenvalue weighted by atomic mass is 16.7. The standard InChI is InChI=1S/C25H22N2O7/c1-13-22(25(29)32-2)23(16-10-20-21(34-12-33-20)11-18(16)27(30)31)24-17(26-13)8-15(9-19(24)28)14-6-4-3-5-7-14/h3-7,10-11,15,22-23H,8-9,12H2,1-2H3/t15-,22?,23-/m1/s1. The number of nitro groups is 1. The molecule has 0 N–H and O–H groups in total. The van der Waals surface area contributed by atoms with Gasteiger partial charge in [0.2, 0.25) is 6.79 Å². The van der Waals surface area contributed by atoms with E-state index >= 15 is 0 Å². The summed E-state index contributed by atoms with van der Waals surface area (Å²) in [5, 5.41) is 12.0. The molecule has 2 aromatic carbocycles. The summed E-state index contributed by atoms with van der Waals surface area (Å²) in [6.45, 7) is 1.63. The molecule has 0 saturated heterocycles. The van der Waals surface area contributed by atoms with Crippen LogP contribution < -0.4 is 9.47 Å². The highest BCUT2D eigenvalue weighted by molar-refractivity contribution is 6.09. The Morgan fingerprint density at radius 3 is 2.53 bits per heavy atom. The lowest BCUT2D eigenvalue weighted by Gasteiger charge is -2.36. The highest BCUT2D eigenvalue weighted by Crippen LogP contribution is 2.51. The Kier molecular flexibility index (Phi) is 5.39. The van der Waals surface area contributed by atoms with Crippen molar-refractivity contribution in [3.8, 4) is 11.5 Å². The second kappa shape index (κ2) is 8.40. The molecule has 2 heterocycles. The largest absolute Gasteiger partial charge is 0.468 e. The molecule has 0 spiro atoms. The van der Waals surface area contributed by atoms with Crippen LogP contribution in [-0.2, 0) is 14.3 Å². The van der Waals surface area contributed by atoms with E-state index in [4.69, 9.17) is 14.2 Å². The van der Waals surface area contributed by atoms with Gasteiger partial charge in [-0.25, -0.2) is 0 Å². The number of ketones is 1. The van der Waals surface area contributed by atoms with Crippen LogP contribution in [0.4, 0.5) is 5.69 Å². The summed E-state index contributed by atoms with van der Waals surface area (Å²) in [4.78, 5) is 42.6. The van der Waals surface area contributed by atoms with Gasteiger partial charge < -0.3 is 14.2 Å². The van der Waals surface area contributed by atoms with Gasteiger partial charge in [0.25, 0.3) is 5.69 Å². The van der Waals surface area contributed by atoms with Crippen LogP contribution >= 0.6 is 0 Å². The van der Waals surface area contributed by atoms with Crippen molar-refractivity contribution >= 4 is 23.2 Å². The lowest BCUT2D eigenvalue weighted by Crippen LogP contribution is -2.38. The average molecular weight is 462 g/mol. The molecule has 2 aromatic rings. The molecule has 0 aromatic heterocycles. The van der Waals surface area contributed by atoms with Crippen LogP contribution in [0.5, 0.6) is 11.5 Å². The molecule has 0 amide bonds. The number of rotatable bonds is 4. The van der Waals surface area contributed by atoms with Crippen LogP contribution in [0.1, 0.15) is 42.7 Å². The molecule has 0 fully saturated rings. The number of esters is 1. The van der Waals surface area contributed by atoms with Crippen LogP contribution in [0.15, 0.2) is 58.7 Å². The van der Waals surface area contributed by atoms with Crippen molar-refractivity contribution < 1.29 is 28.7 Å². The van der Waals surface area contributed by atoms with E-state index in [1.807, 2.05) is 30.3 Å². The van der Waals surface area contributed by atoms with Crippen LogP contribution in [-0.4, -0.2) is 36.3 Å². The second-order valence-corrected chi connectivity index (χ2v) is 8.55. The molecule has 34 heavy (non-hydrogen) atoms. The minimum Gasteiger partial charge on any atom is -0.468 e. The van der Waals surface area contributed by atoms with E-state index < -0.39 is 22.7 Å². The predicted molar refractivity (Wildman–Crippen MR) is 121 cm³/mol. The molecule has 3 aliphatic rings. The van der Waals surface area contributed by atoms with E-state index in [0.29, 0.717) is 29.2 Å². The number of hydrogen-bond donors (Lipinski definition) is 0. The van der Waals surface area contributed by atoms with Crippen molar-refractivity contribution in [2.75, 3.05) is 13.9 Å². The third-order valence-corrected chi connectivity index (χ3v) is 6.67. The third-order valence-electron chi connectivity index (χ3n) is 6.67. The average Bonchev–Trinajstić information content (AvgIpc) is 3.30. The van der Waals surface area contributed by atoms with Crippen molar-refractivity contribution in [1.82, 2.24) is 0 Å². The highest BCUT2D eigenvalue weighted by Gasteiger charge is 2.47. The van der Waals surface area contributed by atoms with Gasteiger partial charge in [0.05, 0.1) is 18.1 Å². The van der Waals surface area contributed by atoms with Crippen molar-refractivity contribution in [2.24, 2.45) is 10.9 Å². The molecule has 0 radical (unpaired) electrons. The van der Waals surface area contributed by atoms with E-state index in [0.717, 1.165) is 5.56 Å². The number of Topliss-reactive ketones (excluding diaryl/α,β-unsaturated/α-hetero) is 1. The second-order valence-electron chi connectivity index (χ2n) is 8.55. The summed E-state index contributed by atoms with van der Waals surface area (Å²) in [6, 6.07) is 12.5. The van der Waals surface area contributed by atoms with E-state index in [2.05, 4.69) is 4.99 Å². The maximum atomic E-state index is 13.6. The van der Waals surface area contributed by atoms with Gasteiger partial charge >= 0.3 is 5.97 Å². The van der Waals surface area contributed by atoms with Crippen LogP contribution in [0, 0.1) is 16.0 Å². The van der Waals surface area contributed by atoms with Gasteiger partial charge in [-0.3, -0.25) is 24.7 Å². The number of allylic oxidation sites excluding steroid dienone is 2. The number of methoxy groups -OCH3 is 1. The third kappa shape index (κ3) is 3.53. The van der Waals surface area contributed by atoms with Crippen molar-refractivity contribution in [1.29, 1.82) is 0 Å². The molecule has 5 rings (SSSR count). The number of hydrogen-bond acceptors (Lipinski definition) is 8. The van der Waals surface area contributed by atoms with E-state index in [1.54, 1.807) is 6.92 Å². The maximum absolute atomic E-state index is 13.6. The minimum atomic E-state index is -0.972. The number of aliphatic imine (C=N–C) groups is 1. The summed E-state index contributed by atoms with van der Waals surface area (Å²) in [5.74, 6) is -2.17. The number of carbonyl (C=O) groups is 2. The number of benzene rings is 2. The van der Waals surface area contributed by atoms with E-state index in [-0.39, 0.29) is 41.9 Å². The number of fused-ring (bicyclic) bond motifs is 1. The molecule has 9 nitrogen and oxygen atoms in total. The predicted octanol–water partition coefficient (Wildman–Crippen LogP) is 4.07. The first-order valence-corrected chi connectivity index (χ1v) is 10.9. The van der Waals surface area contributed by atoms with Gasteiger partial charge in [0, 0.05) is 34.9 Å². The zero-order valence-corrected chi connectivity index (χ0v) is 18.6. The van der Waals surface area contributed by atoms with Crippen molar-refractivity contribution in [3.05, 3.63) is 75.0 Å². The van der Waals surface area contributed by atoms with Crippen molar-refractivity contribution in [3.63, 3.8) is 0 Å². The van der Waals surface area contributed by atoms with Crippen LogP contribution in [0.3, 0.4) is 0 Å². The summed E-state index contributed by atoms with van der Waals surface area (Å²) in [5.41, 5.74) is 2.32. The lowest BCUT2D eigenvalue weighted by atomic mass is 9.69. The van der Waals surface area contributed by atoms with Crippen LogP contribution in [0.25, 0.3) is 0 Å². The fourth-order valence-corrected chi connectivity index (χ4v) is 5.14. The molecule has 174 valence electrons. The first-order chi connectivity index (χ1) is 16.4. The quantitative estimate of drug-likeness (QED) is 0.382. The van der Waals surface area contributed by atoms with E-state index in [9.17, 15) is 19.7 Å². The minimum absolute atomic E-state index is 0.0623. The molecule has 1 unspecified atom stereocenters. The number of nitrogens with zero attached hydrogens (tertiary/aromatic N) is 2. The van der Waals surface area contributed by atoms with Crippen molar-refractivity contribution in [2.45, 2.75) is 31.6 Å². The molecular formula is C25H22N2O7. The Labute approximate surface area is 195 Å². The van der Waals surface area contributed by atoms with Gasteiger partial charge in [-0.05, 0) is 30.9 Å². The first-order valence-electron chi connectivity index (χ1n) is 10.9. The Hall–Kier alpha value is -4.01. The van der Waals surface area contributed by atoms with Gasteiger partial charge in [-0.15, -0.1) is 0 Å². The summed E-state index contributed by atoms with van der Waals surface area (Å²) < 4.78 is 15.8. The Bertz CT molecular complexity index is 1270. The maximum Gasteiger partial charge on any atom is 0.315 e.